The van der Waals surface area contributed by atoms with Gasteiger partial charge in [-0.2, -0.15) is 0 Å². The van der Waals surface area contributed by atoms with Gasteiger partial charge in [0.05, 0.1) is 13.2 Å². The molecule has 7 nitrogen and oxygen atoms in total. The zero-order valence-corrected chi connectivity index (χ0v) is 14.1. The lowest BCUT2D eigenvalue weighted by Crippen LogP contribution is -2.33. The maximum atomic E-state index is 11.6. The van der Waals surface area contributed by atoms with Crippen LogP contribution in [0.15, 0.2) is 29.3 Å². The summed E-state index contributed by atoms with van der Waals surface area (Å²) in [5.74, 6) is 1.06. The average molecular weight is 334 g/mol. The molecule has 0 unspecified atom stereocenters. The largest absolute Gasteiger partial charge is 0.484 e. The fourth-order valence-corrected chi connectivity index (χ4v) is 2.05. The smallest absolute Gasteiger partial charge is 0.258 e. The van der Waals surface area contributed by atoms with Crippen molar-refractivity contribution in [3.05, 3.63) is 29.8 Å². The summed E-state index contributed by atoms with van der Waals surface area (Å²) in [6.07, 6.45) is 2.98. The molecule has 1 aliphatic rings. The number of aliphatic imine (C=N–C) groups is 1. The van der Waals surface area contributed by atoms with Crippen LogP contribution in [0.1, 0.15) is 18.4 Å². The van der Waals surface area contributed by atoms with Gasteiger partial charge in [0, 0.05) is 19.7 Å². The van der Waals surface area contributed by atoms with Crippen LogP contribution in [0.2, 0.25) is 0 Å². The van der Waals surface area contributed by atoms with Gasteiger partial charge in [-0.3, -0.25) is 9.79 Å². The van der Waals surface area contributed by atoms with Crippen LogP contribution in [0.3, 0.4) is 0 Å². The highest BCUT2D eigenvalue weighted by atomic mass is 16.5. The summed E-state index contributed by atoms with van der Waals surface area (Å²) in [4.78, 5) is 15.7. The SMILES string of the molecule is COCCN=C(N)NCCc1ccc(OCC(=O)NC2CC2)cc1. The lowest BCUT2D eigenvalue weighted by molar-refractivity contribution is -0.123. The number of nitrogens with zero attached hydrogens (tertiary/aromatic N) is 1. The van der Waals surface area contributed by atoms with Gasteiger partial charge in [-0.05, 0) is 37.0 Å². The normalized spacial score (nSPS) is 14.3. The Morgan fingerprint density at radius 1 is 1.33 bits per heavy atom. The van der Waals surface area contributed by atoms with Crippen LogP contribution in [0, 0.1) is 0 Å². The third-order valence-electron chi connectivity index (χ3n) is 3.53. The quantitative estimate of drug-likeness (QED) is 0.328. The molecule has 1 aromatic rings. The fourth-order valence-electron chi connectivity index (χ4n) is 2.05. The molecule has 132 valence electrons. The van der Waals surface area contributed by atoms with E-state index in [4.69, 9.17) is 15.2 Å². The highest BCUT2D eigenvalue weighted by Gasteiger charge is 2.23. The van der Waals surface area contributed by atoms with Crippen LogP contribution in [0.4, 0.5) is 0 Å². The zero-order valence-electron chi connectivity index (χ0n) is 14.1. The molecule has 0 aromatic heterocycles. The molecule has 0 saturated heterocycles. The molecule has 4 N–H and O–H groups in total. The van der Waals surface area contributed by atoms with Gasteiger partial charge in [0.25, 0.3) is 5.91 Å². The van der Waals surface area contributed by atoms with E-state index in [1.165, 1.54) is 0 Å². The van der Waals surface area contributed by atoms with Gasteiger partial charge in [0.1, 0.15) is 5.75 Å². The van der Waals surface area contributed by atoms with Crippen molar-refractivity contribution < 1.29 is 14.3 Å². The molecule has 24 heavy (non-hydrogen) atoms. The van der Waals surface area contributed by atoms with Crippen LogP contribution >= 0.6 is 0 Å². The average Bonchev–Trinajstić information content (AvgIpc) is 3.38. The maximum Gasteiger partial charge on any atom is 0.258 e. The molecule has 1 fully saturated rings. The molecule has 1 saturated carbocycles. The number of benzene rings is 1. The van der Waals surface area contributed by atoms with E-state index >= 15 is 0 Å². The molecule has 0 spiro atoms. The van der Waals surface area contributed by atoms with E-state index in [-0.39, 0.29) is 12.5 Å². The highest BCUT2D eigenvalue weighted by molar-refractivity contribution is 5.78. The third kappa shape index (κ3) is 7.32. The summed E-state index contributed by atoms with van der Waals surface area (Å²) in [7, 11) is 1.63. The van der Waals surface area contributed by atoms with Crippen molar-refractivity contribution in [1.82, 2.24) is 10.6 Å². The Hall–Kier alpha value is -2.28. The van der Waals surface area contributed by atoms with E-state index in [9.17, 15) is 4.79 Å². The Balaban J connectivity index is 1.64. The lowest BCUT2D eigenvalue weighted by Gasteiger charge is -2.08. The second-order valence-electron chi connectivity index (χ2n) is 5.71. The van der Waals surface area contributed by atoms with Gasteiger partial charge in [-0.1, -0.05) is 12.1 Å². The first-order valence-corrected chi connectivity index (χ1v) is 8.21. The van der Waals surface area contributed by atoms with Crippen molar-refractivity contribution in [3.63, 3.8) is 0 Å². The van der Waals surface area contributed by atoms with E-state index in [2.05, 4.69) is 15.6 Å². The number of ether oxygens (including phenoxy) is 2. The minimum Gasteiger partial charge on any atom is -0.484 e. The number of nitrogens with one attached hydrogen (secondary N) is 2. The number of guanidine groups is 1. The third-order valence-corrected chi connectivity index (χ3v) is 3.53. The van der Waals surface area contributed by atoms with Crippen molar-refractivity contribution in [2.75, 3.05) is 33.4 Å². The second-order valence-corrected chi connectivity index (χ2v) is 5.71. The summed E-state index contributed by atoms with van der Waals surface area (Å²) >= 11 is 0. The van der Waals surface area contributed by atoms with Crippen LogP contribution in [0.5, 0.6) is 5.75 Å². The molecule has 1 aromatic carbocycles. The summed E-state index contributed by atoms with van der Waals surface area (Å²) < 4.78 is 10.4. The number of rotatable bonds is 10. The molecule has 0 heterocycles. The first-order chi connectivity index (χ1) is 11.7. The predicted octanol–water partition coefficient (Wildman–Crippen LogP) is 0.437. The summed E-state index contributed by atoms with van der Waals surface area (Å²) in [6, 6.07) is 8.06. The van der Waals surface area contributed by atoms with Crippen LogP contribution in [-0.2, 0) is 16.0 Å². The molecule has 2 rings (SSSR count). The van der Waals surface area contributed by atoms with Crippen LogP contribution in [0.25, 0.3) is 0 Å². The maximum absolute atomic E-state index is 11.6. The zero-order chi connectivity index (χ0) is 17.2. The molecule has 1 aliphatic carbocycles. The van der Waals surface area contributed by atoms with Crippen molar-refractivity contribution in [2.45, 2.75) is 25.3 Å². The van der Waals surface area contributed by atoms with Gasteiger partial charge in [0.2, 0.25) is 0 Å². The lowest BCUT2D eigenvalue weighted by atomic mass is 10.1. The Labute approximate surface area is 142 Å². The van der Waals surface area contributed by atoms with Gasteiger partial charge in [-0.25, -0.2) is 0 Å². The molecular weight excluding hydrogens is 308 g/mol. The van der Waals surface area contributed by atoms with Gasteiger partial charge < -0.3 is 25.8 Å². The predicted molar refractivity (Wildman–Crippen MR) is 93.2 cm³/mol. The topological polar surface area (TPSA) is 98.0 Å². The van der Waals surface area contributed by atoms with Gasteiger partial charge >= 0.3 is 0 Å². The Morgan fingerprint density at radius 2 is 2.08 bits per heavy atom. The molecule has 7 heteroatoms. The van der Waals surface area contributed by atoms with E-state index in [1.54, 1.807) is 7.11 Å². The number of carbonyl (C=O) groups excluding carboxylic acids is 1. The second kappa shape index (κ2) is 9.77. The van der Waals surface area contributed by atoms with E-state index in [0.29, 0.717) is 37.4 Å². The van der Waals surface area contributed by atoms with Gasteiger partial charge in [-0.15, -0.1) is 0 Å². The molecule has 0 radical (unpaired) electrons. The fraction of sp³-hybridized carbons (Fsp3) is 0.529. The Bertz CT molecular complexity index is 541. The number of methoxy groups -OCH3 is 1. The molecule has 1 amide bonds. The van der Waals surface area contributed by atoms with Crippen molar-refractivity contribution in [2.24, 2.45) is 10.7 Å². The number of nitrogens with two attached hydrogens (primary N) is 1. The van der Waals surface area contributed by atoms with E-state index in [0.717, 1.165) is 24.8 Å². The highest BCUT2D eigenvalue weighted by Crippen LogP contribution is 2.18. The Kier molecular flexibility index (Phi) is 7.35. The molecular formula is C17H26N4O3. The minimum absolute atomic E-state index is 0.0611. The summed E-state index contributed by atoms with van der Waals surface area (Å²) in [6.45, 7) is 1.87. The number of hydrogen-bond donors (Lipinski definition) is 3. The van der Waals surface area contributed by atoms with Crippen molar-refractivity contribution in [1.29, 1.82) is 0 Å². The number of amides is 1. The van der Waals surface area contributed by atoms with Crippen LogP contribution < -0.4 is 21.1 Å². The first kappa shape index (κ1) is 18.1. The minimum atomic E-state index is -0.0611. The molecule has 0 bridgehead atoms. The van der Waals surface area contributed by atoms with E-state index in [1.807, 2.05) is 24.3 Å². The Morgan fingerprint density at radius 3 is 2.75 bits per heavy atom. The number of hydrogen-bond acceptors (Lipinski definition) is 4. The molecule has 0 aliphatic heterocycles. The van der Waals surface area contributed by atoms with Gasteiger partial charge in [0.15, 0.2) is 12.6 Å². The summed E-state index contributed by atoms with van der Waals surface area (Å²) in [5.41, 5.74) is 6.89. The van der Waals surface area contributed by atoms with Crippen molar-refractivity contribution >= 4 is 11.9 Å². The summed E-state index contributed by atoms with van der Waals surface area (Å²) in [5, 5.41) is 5.95. The standard InChI is InChI=1S/C17H26N4O3/c1-23-11-10-20-17(18)19-9-8-13-2-6-15(7-3-13)24-12-16(22)21-14-4-5-14/h2-3,6-7,14H,4-5,8-12H2,1H3,(H,21,22)(H3,18,19,20). The van der Waals surface area contributed by atoms with E-state index < -0.39 is 0 Å². The first-order valence-electron chi connectivity index (χ1n) is 8.21. The van der Waals surface area contributed by atoms with Crippen molar-refractivity contribution in [3.8, 4) is 5.75 Å². The number of carbonyl (C=O) groups is 1. The van der Waals surface area contributed by atoms with Crippen LogP contribution in [-0.4, -0.2) is 51.3 Å². The monoisotopic (exact) mass is 334 g/mol. The molecule has 0 atom stereocenters.